The third kappa shape index (κ3) is 3.66. The maximum absolute atomic E-state index is 12.5. The van der Waals surface area contributed by atoms with E-state index in [1.54, 1.807) is 6.07 Å². The molecule has 0 radical (unpaired) electrons. The summed E-state index contributed by atoms with van der Waals surface area (Å²) < 4.78 is 5.15. The number of hydrogen-bond acceptors (Lipinski definition) is 5. The predicted octanol–water partition coefficient (Wildman–Crippen LogP) is 3.35. The number of hydrogen-bond donors (Lipinski definition) is 2. The molecule has 2 N–H and O–H groups in total. The molecule has 28 heavy (non-hydrogen) atoms. The molecular weight excluding hydrogens is 425 g/mol. The summed E-state index contributed by atoms with van der Waals surface area (Å²) in [5, 5.41) is 5.72. The first-order chi connectivity index (χ1) is 13.2. The van der Waals surface area contributed by atoms with Crippen LogP contribution in [0.5, 0.6) is 5.75 Å². The van der Waals surface area contributed by atoms with E-state index in [1.165, 1.54) is 38.4 Å². The summed E-state index contributed by atoms with van der Waals surface area (Å²) in [6.45, 7) is 0. The second kappa shape index (κ2) is 7.75. The van der Waals surface area contributed by atoms with Gasteiger partial charge < -0.3 is 10.1 Å². The van der Waals surface area contributed by atoms with E-state index in [2.05, 4.69) is 10.6 Å². The van der Waals surface area contributed by atoms with Gasteiger partial charge in [0.15, 0.2) is 5.11 Å². The smallest absolute Gasteiger partial charge is 0.261 e. The molecule has 10 heteroatoms. The molecule has 2 aromatic rings. The number of benzene rings is 2. The van der Waals surface area contributed by atoms with Crippen LogP contribution in [0.15, 0.2) is 30.3 Å². The Balaban J connectivity index is 1.76. The van der Waals surface area contributed by atoms with Crippen LogP contribution in [0.2, 0.25) is 10.0 Å². The molecule has 0 spiro atoms. The fraction of sp³-hybridized carbons (Fsp3) is 0.111. The van der Waals surface area contributed by atoms with Crippen molar-refractivity contribution in [1.82, 2.24) is 10.2 Å². The van der Waals surface area contributed by atoms with E-state index in [9.17, 15) is 14.4 Å². The predicted molar refractivity (Wildman–Crippen MR) is 110 cm³/mol. The standard InChI is InChI=1S/C18H13Cl2N3O4S/c1-23-16(25)10-4-3-9(7-11(10)17(23)26)21-18(28)22-15(24)12-5-8(19)6-13(20)14(12)27-2/h3-7H,1-2H3,(H2,21,22,24,28). The summed E-state index contributed by atoms with van der Waals surface area (Å²) in [5.41, 5.74) is 1.12. The van der Waals surface area contributed by atoms with Crippen LogP contribution in [-0.2, 0) is 0 Å². The van der Waals surface area contributed by atoms with Crippen LogP contribution in [0, 0.1) is 0 Å². The van der Waals surface area contributed by atoms with Crippen LogP contribution in [0.25, 0.3) is 0 Å². The van der Waals surface area contributed by atoms with Crippen molar-refractivity contribution >= 4 is 63.9 Å². The molecule has 7 nitrogen and oxygen atoms in total. The number of carbonyl (C=O) groups excluding carboxylic acids is 3. The minimum absolute atomic E-state index is 0.0202. The van der Waals surface area contributed by atoms with Gasteiger partial charge in [-0.1, -0.05) is 23.2 Å². The number of fused-ring (bicyclic) bond motifs is 1. The summed E-state index contributed by atoms with van der Waals surface area (Å²) in [5.74, 6) is -1.19. The van der Waals surface area contributed by atoms with E-state index < -0.39 is 11.8 Å². The number of ether oxygens (including phenoxy) is 1. The maximum Gasteiger partial charge on any atom is 0.261 e. The monoisotopic (exact) mass is 437 g/mol. The van der Waals surface area contributed by atoms with Gasteiger partial charge in [-0.25, -0.2) is 0 Å². The van der Waals surface area contributed by atoms with Gasteiger partial charge in [-0.3, -0.25) is 24.6 Å². The highest BCUT2D eigenvalue weighted by molar-refractivity contribution is 7.80. The fourth-order valence-electron chi connectivity index (χ4n) is 2.71. The van der Waals surface area contributed by atoms with Crippen LogP contribution >= 0.6 is 35.4 Å². The number of nitrogens with zero attached hydrogens (tertiary/aromatic N) is 1. The average Bonchev–Trinajstić information content (AvgIpc) is 2.85. The van der Waals surface area contributed by atoms with Gasteiger partial charge in [-0.15, -0.1) is 0 Å². The number of thiocarbonyl (C=S) groups is 1. The topological polar surface area (TPSA) is 87.7 Å². The molecule has 0 bridgehead atoms. The van der Waals surface area contributed by atoms with Crippen molar-refractivity contribution in [2.24, 2.45) is 0 Å². The van der Waals surface area contributed by atoms with Crippen molar-refractivity contribution in [3.63, 3.8) is 0 Å². The van der Waals surface area contributed by atoms with Crippen molar-refractivity contribution in [2.45, 2.75) is 0 Å². The third-order valence-corrected chi connectivity index (χ3v) is 4.73. The molecule has 3 rings (SSSR count). The molecule has 0 saturated heterocycles. The molecule has 0 unspecified atom stereocenters. The lowest BCUT2D eigenvalue weighted by Gasteiger charge is -2.13. The lowest BCUT2D eigenvalue weighted by Crippen LogP contribution is -2.34. The van der Waals surface area contributed by atoms with Crippen molar-refractivity contribution in [3.05, 3.63) is 57.1 Å². The first-order valence-electron chi connectivity index (χ1n) is 7.84. The minimum Gasteiger partial charge on any atom is -0.494 e. The zero-order valence-electron chi connectivity index (χ0n) is 14.6. The lowest BCUT2D eigenvalue weighted by atomic mass is 10.1. The van der Waals surface area contributed by atoms with Crippen molar-refractivity contribution in [3.8, 4) is 5.75 Å². The van der Waals surface area contributed by atoms with Gasteiger partial charge in [0.2, 0.25) is 0 Å². The number of halogens is 2. The van der Waals surface area contributed by atoms with Crippen molar-refractivity contribution in [1.29, 1.82) is 0 Å². The quantitative estimate of drug-likeness (QED) is 0.565. The molecular formula is C18H13Cl2N3O4S. The van der Waals surface area contributed by atoms with Gasteiger partial charge in [0.05, 0.1) is 28.8 Å². The van der Waals surface area contributed by atoms with Crippen molar-refractivity contribution in [2.75, 3.05) is 19.5 Å². The molecule has 144 valence electrons. The summed E-state index contributed by atoms with van der Waals surface area (Å²) in [6.07, 6.45) is 0. The summed E-state index contributed by atoms with van der Waals surface area (Å²) in [7, 11) is 2.79. The highest BCUT2D eigenvalue weighted by Crippen LogP contribution is 2.32. The largest absolute Gasteiger partial charge is 0.494 e. The third-order valence-electron chi connectivity index (χ3n) is 4.03. The van der Waals surface area contributed by atoms with Crippen LogP contribution in [0.3, 0.4) is 0 Å². The average molecular weight is 438 g/mol. The van der Waals surface area contributed by atoms with Crippen LogP contribution in [0.4, 0.5) is 5.69 Å². The first kappa shape index (κ1) is 20.1. The van der Waals surface area contributed by atoms with E-state index in [-0.39, 0.29) is 37.9 Å². The normalized spacial score (nSPS) is 12.6. The van der Waals surface area contributed by atoms with E-state index >= 15 is 0 Å². The van der Waals surface area contributed by atoms with E-state index in [4.69, 9.17) is 40.2 Å². The van der Waals surface area contributed by atoms with Crippen LogP contribution in [0.1, 0.15) is 31.1 Å². The van der Waals surface area contributed by atoms with Gasteiger partial charge in [0, 0.05) is 17.8 Å². The Kier molecular flexibility index (Phi) is 5.55. The van der Waals surface area contributed by atoms with Gasteiger partial charge in [-0.05, 0) is 42.5 Å². The zero-order chi connectivity index (χ0) is 20.6. The Hall–Kier alpha value is -2.68. The van der Waals surface area contributed by atoms with Crippen molar-refractivity contribution < 1.29 is 19.1 Å². The number of rotatable bonds is 3. The molecule has 0 saturated carbocycles. The molecule has 1 aliphatic rings. The minimum atomic E-state index is -0.578. The van der Waals surface area contributed by atoms with Crippen LogP contribution < -0.4 is 15.4 Å². The Morgan fingerprint density at radius 1 is 1.11 bits per heavy atom. The zero-order valence-corrected chi connectivity index (χ0v) is 17.0. The summed E-state index contributed by atoms with van der Waals surface area (Å²) >= 11 is 17.1. The van der Waals surface area contributed by atoms with E-state index in [0.29, 0.717) is 11.3 Å². The lowest BCUT2D eigenvalue weighted by molar-refractivity contribution is 0.0692. The molecule has 0 atom stereocenters. The Bertz CT molecular complexity index is 1040. The van der Waals surface area contributed by atoms with Crippen LogP contribution in [-0.4, -0.2) is 41.9 Å². The Morgan fingerprint density at radius 2 is 1.79 bits per heavy atom. The van der Waals surface area contributed by atoms with Gasteiger partial charge in [-0.2, -0.15) is 0 Å². The number of methoxy groups -OCH3 is 1. The summed E-state index contributed by atoms with van der Waals surface area (Å²) in [6, 6.07) is 7.45. The Morgan fingerprint density at radius 3 is 2.46 bits per heavy atom. The fourth-order valence-corrected chi connectivity index (χ4v) is 3.49. The second-order valence-corrected chi connectivity index (χ2v) is 7.06. The van der Waals surface area contributed by atoms with E-state index in [0.717, 1.165) is 4.90 Å². The number of carbonyl (C=O) groups is 3. The number of nitrogens with one attached hydrogen (secondary N) is 2. The number of amides is 3. The van der Waals surface area contributed by atoms with E-state index in [1.807, 2.05) is 0 Å². The maximum atomic E-state index is 12.5. The molecule has 0 aromatic heterocycles. The molecule has 1 heterocycles. The number of anilines is 1. The molecule has 0 fully saturated rings. The van der Waals surface area contributed by atoms with Gasteiger partial charge in [0.1, 0.15) is 5.75 Å². The van der Waals surface area contributed by atoms with Gasteiger partial charge in [0.25, 0.3) is 17.7 Å². The second-order valence-electron chi connectivity index (χ2n) is 5.81. The highest BCUT2D eigenvalue weighted by atomic mass is 35.5. The molecule has 0 aliphatic carbocycles. The number of imide groups is 1. The summed E-state index contributed by atoms with van der Waals surface area (Å²) in [4.78, 5) is 37.5. The molecule has 3 amide bonds. The molecule has 1 aliphatic heterocycles. The Labute approximate surface area is 175 Å². The molecule has 2 aromatic carbocycles. The van der Waals surface area contributed by atoms with Gasteiger partial charge >= 0.3 is 0 Å². The SMILES string of the molecule is COc1c(Cl)cc(Cl)cc1C(=O)NC(=S)Nc1ccc2c(c1)C(=O)N(C)C2=O. The first-order valence-corrected chi connectivity index (χ1v) is 9.01. The highest BCUT2D eigenvalue weighted by Gasteiger charge is 2.32.